The van der Waals surface area contributed by atoms with Gasteiger partial charge in [0.15, 0.2) is 5.82 Å². The summed E-state index contributed by atoms with van der Waals surface area (Å²) < 4.78 is 0. The van der Waals surface area contributed by atoms with E-state index >= 15 is 0 Å². The molecular formula is C16H18N6O2S. The summed E-state index contributed by atoms with van der Waals surface area (Å²) in [6, 6.07) is -0.304. The molecule has 3 aromatic heterocycles. The Morgan fingerprint density at radius 1 is 1.28 bits per heavy atom. The highest BCUT2D eigenvalue weighted by Gasteiger charge is 2.19. The summed E-state index contributed by atoms with van der Waals surface area (Å²) in [6.45, 7) is 5.69. The standard InChI is InChI=1S/C16H18N6O2S/c1-4-11(13-17-5-8(2)19-13)21-15(23)10-6-18-14(22-16(10)24)12-7-25-9(3)20-12/h5-7,11H,4H2,1-3H3,(H,17,19)(H,21,23)(H,18,22,24). The highest BCUT2D eigenvalue weighted by Crippen LogP contribution is 2.17. The molecule has 3 N–H and O–H groups in total. The maximum atomic E-state index is 12.4. The van der Waals surface area contributed by atoms with Crippen molar-refractivity contribution in [2.45, 2.75) is 33.2 Å². The number of hydrogen-bond donors (Lipinski definition) is 3. The third kappa shape index (κ3) is 3.66. The van der Waals surface area contributed by atoms with E-state index in [-0.39, 0.29) is 11.6 Å². The van der Waals surface area contributed by atoms with Crippen LogP contribution in [-0.4, -0.2) is 30.8 Å². The normalized spacial score (nSPS) is 12.1. The first kappa shape index (κ1) is 17.0. The largest absolute Gasteiger partial charge is 0.344 e. The second-order valence-corrected chi connectivity index (χ2v) is 6.67. The highest BCUT2D eigenvalue weighted by atomic mass is 32.1. The monoisotopic (exact) mass is 358 g/mol. The minimum Gasteiger partial charge on any atom is -0.344 e. The Balaban J connectivity index is 1.81. The van der Waals surface area contributed by atoms with Crippen LogP contribution in [0.3, 0.4) is 0 Å². The van der Waals surface area contributed by atoms with Gasteiger partial charge in [-0.2, -0.15) is 0 Å². The molecule has 1 unspecified atom stereocenters. The fourth-order valence-corrected chi connectivity index (χ4v) is 2.97. The minimum absolute atomic E-state index is 0.0440. The van der Waals surface area contributed by atoms with Gasteiger partial charge in [0.2, 0.25) is 0 Å². The van der Waals surface area contributed by atoms with Gasteiger partial charge in [-0.3, -0.25) is 9.59 Å². The third-order valence-electron chi connectivity index (χ3n) is 3.67. The molecule has 0 saturated carbocycles. The number of carbonyl (C=O) groups excluding carboxylic acids is 1. The van der Waals surface area contributed by atoms with Crippen molar-refractivity contribution in [3.63, 3.8) is 0 Å². The summed E-state index contributed by atoms with van der Waals surface area (Å²) in [6.07, 6.45) is 3.61. The van der Waals surface area contributed by atoms with Crippen molar-refractivity contribution in [1.29, 1.82) is 0 Å². The van der Waals surface area contributed by atoms with Crippen LogP contribution in [0.25, 0.3) is 11.5 Å². The van der Waals surface area contributed by atoms with Crippen molar-refractivity contribution in [2.75, 3.05) is 0 Å². The molecule has 0 fully saturated rings. The Labute approximate surface area is 147 Å². The lowest BCUT2D eigenvalue weighted by Gasteiger charge is -2.14. The molecule has 3 rings (SSSR count). The molecule has 130 valence electrons. The van der Waals surface area contributed by atoms with Crippen LogP contribution in [0.4, 0.5) is 0 Å². The molecule has 0 aliphatic carbocycles. The number of rotatable bonds is 5. The predicted octanol–water partition coefficient (Wildman–Crippen LogP) is 2.11. The number of carbonyl (C=O) groups is 1. The van der Waals surface area contributed by atoms with E-state index in [4.69, 9.17) is 0 Å². The number of aryl methyl sites for hydroxylation is 2. The zero-order valence-electron chi connectivity index (χ0n) is 14.1. The average molecular weight is 358 g/mol. The van der Waals surface area contributed by atoms with E-state index < -0.39 is 11.5 Å². The molecule has 0 saturated heterocycles. The zero-order valence-corrected chi connectivity index (χ0v) is 14.9. The maximum Gasteiger partial charge on any atom is 0.264 e. The van der Waals surface area contributed by atoms with Crippen LogP contribution in [0.5, 0.6) is 0 Å². The Bertz CT molecular complexity index is 957. The van der Waals surface area contributed by atoms with Gasteiger partial charge in [-0.05, 0) is 20.3 Å². The molecule has 25 heavy (non-hydrogen) atoms. The summed E-state index contributed by atoms with van der Waals surface area (Å²) in [5.74, 6) is 0.516. The summed E-state index contributed by atoms with van der Waals surface area (Å²) in [4.78, 5) is 43.1. The van der Waals surface area contributed by atoms with Gasteiger partial charge in [-0.1, -0.05) is 6.92 Å². The molecule has 9 heteroatoms. The van der Waals surface area contributed by atoms with Gasteiger partial charge < -0.3 is 15.3 Å². The van der Waals surface area contributed by atoms with Crippen molar-refractivity contribution < 1.29 is 4.79 Å². The van der Waals surface area contributed by atoms with E-state index in [1.807, 2.05) is 20.8 Å². The van der Waals surface area contributed by atoms with Crippen LogP contribution in [0, 0.1) is 13.8 Å². The molecule has 1 atom stereocenters. The predicted molar refractivity (Wildman–Crippen MR) is 94.5 cm³/mol. The lowest BCUT2D eigenvalue weighted by atomic mass is 10.2. The summed E-state index contributed by atoms with van der Waals surface area (Å²) >= 11 is 1.46. The zero-order chi connectivity index (χ0) is 18.0. The van der Waals surface area contributed by atoms with E-state index in [1.165, 1.54) is 17.5 Å². The van der Waals surface area contributed by atoms with Crippen LogP contribution in [0.2, 0.25) is 0 Å². The van der Waals surface area contributed by atoms with Crippen molar-refractivity contribution in [2.24, 2.45) is 0 Å². The minimum atomic E-state index is -0.501. The lowest BCUT2D eigenvalue weighted by Crippen LogP contribution is -2.33. The van der Waals surface area contributed by atoms with Crippen LogP contribution >= 0.6 is 11.3 Å². The maximum absolute atomic E-state index is 12.4. The van der Waals surface area contributed by atoms with Crippen LogP contribution in [0.1, 0.15) is 46.3 Å². The van der Waals surface area contributed by atoms with E-state index in [0.717, 1.165) is 10.7 Å². The fourth-order valence-electron chi connectivity index (χ4n) is 2.37. The number of nitrogens with zero attached hydrogens (tertiary/aromatic N) is 3. The SMILES string of the molecule is CCC(NC(=O)c1cnc(-c2csc(C)n2)[nH]c1=O)c1ncc(C)[nH]1. The molecule has 0 aliphatic heterocycles. The molecular weight excluding hydrogens is 340 g/mol. The molecule has 8 nitrogen and oxygen atoms in total. The lowest BCUT2D eigenvalue weighted by molar-refractivity contribution is 0.0932. The van der Waals surface area contributed by atoms with Crippen LogP contribution in [0.15, 0.2) is 22.6 Å². The van der Waals surface area contributed by atoms with Crippen molar-refractivity contribution >= 4 is 17.2 Å². The fraction of sp³-hybridized carbons (Fsp3) is 0.312. The molecule has 0 radical (unpaired) electrons. The number of H-pyrrole nitrogens is 2. The Kier molecular flexibility index (Phi) is 4.75. The second kappa shape index (κ2) is 6.98. The second-order valence-electron chi connectivity index (χ2n) is 5.61. The van der Waals surface area contributed by atoms with Crippen molar-refractivity contribution in [3.05, 3.63) is 50.2 Å². The number of nitrogens with one attached hydrogen (secondary N) is 3. The molecule has 0 aliphatic rings. The highest BCUT2D eigenvalue weighted by molar-refractivity contribution is 7.09. The number of aromatic nitrogens is 5. The third-order valence-corrected chi connectivity index (χ3v) is 4.45. The molecule has 3 heterocycles. The first-order chi connectivity index (χ1) is 12.0. The van der Waals surface area contributed by atoms with E-state index in [9.17, 15) is 9.59 Å². The van der Waals surface area contributed by atoms with Crippen molar-refractivity contribution in [1.82, 2.24) is 30.2 Å². The van der Waals surface area contributed by atoms with E-state index in [1.54, 1.807) is 11.6 Å². The van der Waals surface area contributed by atoms with Gasteiger partial charge in [0.25, 0.3) is 11.5 Å². The molecule has 0 bridgehead atoms. The molecule has 0 spiro atoms. The smallest absolute Gasteiger partial charge is 0.264 e. The van der Waals surface area contributed by atoms with Gasteiger partial charge in [-0.15, -0.1) is 11.3 Å². The number of hydrogen-bond acceptors (Lipinski definition) is 6. The number of aromatic amines is 2. The first-order valence-corrected chi connectivity index (χ1v) is 8.70. The van der Waals surface area contributed by atoms with Gasteiger partial charge in [0.1, 0.15) is 17.1 Å². The number of thiazole rings is 1. The van der Waals surface area contributed by atoms with E-state index in [2.05, 4.69) is 30.2 Å². The van der Waals surface area contributed by atoms with Gasteiger partial charge in [-0.25, -0.2) is 15.0 Å². The topological polar surface area (TPSA) is 116 Å². The van der Waals surface area contributed by atoms with Gasteiger partial charge in [0.05, 0.1) is 11.0 Å². The Hall–Kier alpha value is -2.81. The van der Waals surface area contributed by atoms with Gasteiger partial charge >= 0.3 is 0 Å². The number of amides is 1. The molecule has 1 amide bonds. The average Bonchev–Trinajstić information content (AvgIpc) is 3.20. The first-order valence-electron chi connectivity index (χ1n) is 7.82. The molecule has 0 aromatic carbocycles. The molecule has 3 aromatic rings. The Morgan fingerprint density at radius 2 is 2.08 bits per heavy atom. The van der Waals surface area contributed by atoms with Crippen LogP contribution < -0.4 is 10.9 Å². The summed E-state index contributed by atoms with van der Waals surface area (Å²) in [5, 5.41) is 5.49. The summed E-state index contributed by atoms with van der Waals surface area (Å²) in [5.41, 5.74) is 0.949. The number of imidazole rings is 1. The van der Waals surface area contributed by atoms with Crippen LogP contribution in [-0.2, 0) is 0 Å². The van der Waals surface area contributed by atoms with Crippen molar-refractivity contribution in [3.8, 4) is 11.5 Å². The summed E-state index contributed by atoms with van der Waals surface area (Å²) in [7, 11) is 0. The quantitative estimate of drug-likeness (QED) is 0.646. The van der Waals surface area contributed by atoms with E-state index in [0.29, 0.717) is 23.8 Å². The van der Waals surface area contributed by atoms with Gasteiger partial charge in [0, 0.05) is 23.5 Å². The Morgan fingerprint density at radius 3 is 2.64 bits per heavy atom.